The highest BCUT2D eigenvalue weighted by Crippen LogP contribution is 2.21. The van der Waals surface area contributed by atoms with Crippen LogP contribution in [0.4, 0.5) is 0 Å². The van der Waals surface area contributed by atoms with Gasteiger partial charge in [0.2, 0.25) is 0 Å². The van der Waals surface area contributed by atoms with E-state index in [0.717, 1.165) is 13.0 Å². The lowest BCUT2D eigenvalue weighted by molar-refractivity contribution is 0.0413. The fourth-order valence-corrected chi connectivity index (χ4v) is 1.88. The first-order chi connectivity index (χ1) is 7.60. The summed E-state index contributed by atoms with van der Waals surface area (Å²) in [7, 11) is 0. The van der Waals surface area contributed by atoms with Crippen molar-refractivity contribution >= 4 is 0 Å². The third-order valence-electron chi connectivity index (χ3n) is 3.10. The Kier molecular flexibility index (Phi) is 4.97. The van der Waals surface area contributed by atoms with Crippen molar-refractivity contribution in [2.24, 2.45) is 5.73 Å². The second kappa shape index (κ2) is 6.02. The molecule has 0 amide bonds. The van der Waals surface area contributed by atoms with Gasteiger partial charge in [-0.05, 0) is 43.9 Å². The minimum atomic E-state index is -0.0238. The molecule has 2 N–H and O–H groups in total. The standard InChI is InChI=1S/C14H23NO/c1-5-13(16-6-2)14(15)12-8-7-10(3)11(4)9-12/h7-9,13-14H,5-6,15H2,1-4H3. The largest absolute Gasteiger partial charge is 0.377 e. The molecule has 1 aromatic rings. The van der Waals surface area contributed by atoms with Crippen LogP contribution in [0.2, 0.25) is 0 Å². The molecule has 2 atom stereocenters. The summed E-state index contributed by atoms with van der Waals surface area (Å²) in [6, 6.07) is 6.38. The molecule has 1 aromatic carbocycles. The average molecular weight is 221 g/mol. The quantitative estimate of drug-likeness (QED) is 0.829. The molecular formula is C14H23NO. The topological polar surface area (TPSA) is 35.2 Å². The Morgan fingerprint density at radius 3 is 2.38 bits per heavy atom. The number of ether oxygens (including phenoxy) is 1. The van der Waals surface area contributed by atoms with Gasteiger partial charge in [-0.25, -0.2) is 0 Å². The highest BCUT2D eigenvalue weighted by molar-refractivity contribution is 5.32. The van der Waals surface area contributed by atoms with Crippen LogP contribution >= 0.6 is 0 Å². The van der Waals surface area contributed by atoms with Crippen LogP contribution in [0.5, 0.6) is 0 Å². The lowest BCUT2D eigenvalue weighted by atomic mass is 9.97. The fourth-order valence-electron chi connectivity index (χ4n) is 1.88. The summed E-state index contributed by atoms with van der Waals surface area (Å²) in [4.78, 5) is 0. The maximum atomic E-state index is 6.23. The van der Waals surface area contributed by atoms with Crippen molar-refractivity contribution in [3.63, 3.8) is 0 Å². The number of aryl methyl sites for hydroxylation is 2. The van der Waals surface area contributed by atoms with Crippen LogP contribution < -0.4 is 5.73 Å². The number of rotatable bonds is 5. The van der Waals surface area contributed by atoms with Gasteiger partial charge in [-0.15, -0.1) is 0 Å². The van der Waals surface area contributed by atoms with E-state index in [1.165, 1.54) is 16.7 Å². The third-order valence-corrected chi connectivity index (χ3v) is 3.10. The first kappa shape index (κ1) is 13.2. The van der Waals surface area contributed by atoms with E-state index in [9.17, 15) is 0 Å². The minimum Gasteiger partial charge on any atom is -0.377 e. The Morgan fingerprint density at radius 1 is 1.19 bits per heavy atom. The molecule has 0 aliphatic rings. The summed E-state index contributed by atoms with van der Waals surface area (Å²) in [5, 5.41) is 0. The molecule has 0 spiro atoms. The van der Waals surface area contributed by atoms with Gasteiger partial charge in [-0.1, -0.05) is 25.1 Å². The molecule has 0 aliphatic carbocycles. The van der Waals surface area contributed by atoms with Gasteiger partial charge < -0.3 is 10.5 Å². The predicted octanol–water partition coefficient (Wildman–Crippen LogP) is 3.12. The van der Waals surface area contributed by atoms with E-state index in [4.69, 9.17) is 10.5 Å². The minimum absolute atomic E-state index is 0.0238. The van der Waals surface area contributed by atoms with Crippen LogP contribution in [0.15, 0.2) is 18.2 Å². The second-order valence-electron chi connectivity index (χ2n) is 4.27. The van der Waals surface area contributed by atoms with E-state index in [0.29, 0.717) is 0 Å². The first-order valence-electron chi connectivity index (χ1n) is 6.04. The molecule has 90 valence electrons. The van der Waals surface area contributed by atoms with Crippen LogP contribution in [0.3, 0.4) is 0 Å². The van der Waals surface area contributed by atoms with E-state index < -0.39 is 0 Å². The summed E-state index contributed by atoms with van der Waals surface area (Å²) in [6.07, 6.45) is 1.06. The molecule has 0 saturated carbocycles. The molecule has 16 heavy (non-hydrogen) atoms. The average Bonchev–Trinajstić information content (AvgIpc) is 2.28. The van der Waals surface area contributed by atoms with Crippen LogP contribution in [0, 0.1) is 13.8 Å². The molecule has 2 unspecified atom stereocenters. The monoisotopic (exact) mass is 221 g/mol. The number of nitrogens with two attached hydrogens (primary N) is 1. The van der Waals surface area contributed by atoms with Gasteiger partial charge in [0.15, 0.2) is 0 Å². The van der Waals surface area contributed by atoms with Gasteiger partial charge in [0.25, 0.3) is 0 Å². The van der Waals surface area contributed by atoms with Gasteiger partial charge >= 0.3 is 0 Å². The van der Waals surface area contributed by atoms with Crippen molar-refractivity contribution in [1.29, 1.82) is 0 Å². The summed E-state index contributed by atoms with van der Waals surface area (Å²) < 4.78 is 5.65. The predicted molar refractivity (Wildman–Crippen MR) is 68.5 cm³/mol. The summed E-state index contributed by atoms with van der Waals surface area (Å²) in [6.45, 7) is 9.08. The Hall–Kier alpha value is -0.860. The van der Waals surface area contributed by atoms with Gasteiger partial charge in [0, 0.05) is 6.61 Å². The van der Waals surface area contributed by atoms with Crippen LogP contribution in [-0.2, 0) is 4.74 Å². The highest BCUT2D eigenvalue weighted by atomic mass is 16.5. The second-order valence-corrected chi connectivity index (χ2v) is 4.27. The molecule has 0 aliphatic heterocycles. The highest BCUT2D eigenvalue weighted by Gasteiger charge is 2.18. The van der Waals surface area contributed by atoms with E-state index in [-0.39, 0.29) is 12.1 Å². The van der Waals surface area contributed by atoms with Crippen molar-refractivity contribution in [1.82, 2.24) is 0 Å². The van der Waals surface area contributed by atoms with E-state index in [2.05, 4.69) is 39.0 Å². The number of hydrogen-bond donors (Lipinski definition) is 1. The van der Waals surface area contributed by atoms with Crippen molar-refractivity contribution < 1.29 is 4.74 Å². The molecule has 0 radical (unpaired) electrons. The molecule has 2 heteroatoms. The van der Waals surface area contributed by atoms with Crippen molar-refractivity contribution in [3.8, 4) is 0 Å². The van der Waals surface area contributed by atoms with Crippen molar-refractivity contribution in [2.75, 3.05) is 6.61 Å². The molecule has 1 rings (SSSR count). The Balaban J connectivity index is 2.85. The summed E-state index contributed by atoms with van der Waals surface area (Å²) >= 11 is 0. The molecule has 0 saturated heterocycles. The van der Waals surface area contributed by atoms with E-state index in [1.54, 1.807) is 0 Å². The Morgan fingerprint density at radius 2 is 1.88 bits per heavy atom. The zero-order valence-corrected chi connectivity index (χ0v) is 10.8. The van der Waals surface area contributed by atoms with Gasteiger partial charge in [0.1, 0.15) is 0 Å². The zero-order chi connectivity index (χ0) is 12.1. The molecule has 2 nitrogen and oxygen atoms in total. The lowest BCUT2D eigenvalue weighted by Gasteiger charge is -2.23. The Bertz CT molecular complexity index is 336. The third kappa shape index (κ3) is 3.06. The van der Waals surface area contributed by atoms with Crippen molar-refractivity contribution in [2.45, 2.75) is 46.3 Å². The van der Waals surface area contributed by atoms with Crippen LogP contribution in [0.25, 0.3) is 0 Å². The van der Waals surface area contributed by atoms with Gasteiger partial charge in [-0.3, -0.25) is 0 Å². The smallest absolute Gasteiger partial charge is 0.0764 e. The maximum absolute atomic E-state index is 6.23. The zero-order valence-electron chi connectivity index (χ0n) is 10.8. The molecule has 0 heterocycles. The van der Waals surface area contributed by atoms with Gasteiger partial charge in [0.05, 0.1) is 12.1 Å². The molecule has 0 aromatic heterocycles. The van der Waals surface area contributed by atoms with Crippen LogP contribution in [-0.4, -0.2) is 12.7 Å². The van der Waals surface area contributed by atoms with Gasteiger partial charge in [-0.2, -0.15) is 0 Å². The fraction of sp³-hybridized carbons (Fsp3) is 0.571. The first-order valence-corrected chi connectivity index (χ1v) is 6.04. The number of hydrogen-bond acceptors (Lipinski definition) is 2. The van der Waals surface area contributed by atoms with Crippen molar-refractivity contribution in [3.05, 3.63) is 34.9 Å². The summed E-state index contributed by atoms with van der Waals surface area (Å²) in [5.74, 6) is 0. The SMILES string of the molecule is CCOC(CC)C(N)c1ccc(C)c(C)c1. The summed E-state index contributed by atoms with van der Waals surface area (Å²) in [5.41, 5.74) is 10.00. The normalized spacial score (nSPS) is 14.8. The molecular weight excluding hydrogens is 198 g/mol. The van der Waals surface area contributed by atoms with E-state index in [1.807, 2.05) is 6.92 Å². The lowest BCUT2D eigenvalue weighted by Crippen LogP contribution is -2.28. The maximum Gasteiger partial charge on any atom is 0.0764 e. The Labute approximate surface area is 98.8 Å². The molecule has 0 fully saturated rings. The number of benzene rings is 1. The van der Waals surface area contributed by atoms with E-state index >= 15 is 0 Å². The molecule has 0 bridgehead atoms. The van der Waals surface area contributed by atoms with Crippen LogP contribution in [0.1, 0.15) is 43.0 Å².